The molecule has 0 radical (unpaired) electrons. The predicted octanol–water partition coefficient (Wildman–Crippen LogP) is 3.11. The molecule has 0 bridgehead atoms. The topological polar surface area (TPSA) is 70.2 Å². The Labute approximate surface area is 152 Å². The van der Waals surface area contributed by atoms with Crippen LogP contribution in [0.15, 0.2) is 36.4 Å². The van der Waals surface area contributed by atoms with Crippen LogP contribution in [0.4, 0.5) is 28.0 Å². The van der Waals surface area contributed by atoms with Gasteiger partial charge in [-0.2, -0.15) is 0 Å². The molecule has 3 N–H and O–H groups in total. The molecule has 2 aromatic rings. The van der Waals surface area contributed by atoms with Crippen LogP contribution < -0.4 is 16.0 Å². The van der Waals surface area contributed by atoms with Gasteiger partial charge in [0.1, 0.15) is 11.6 Å². The standard InChI is InChI=1S/C18H17F4N3O2/c1-10(7-12-13(19)3-2-4-14(12)20)24-18(27)23-9-17(26)25-11-5-6-15(21)16(22)8-11/h2-6,8,10H,7,9H2,1H3,(H,25,26)(H2,23,24,27). The summed E-state index contributed by atoms with van der Waals surface area (Å²) in [6, 6.07) is 4.98. The molecule has 9 heteroatoms. The number of urea groups is 1. The third-order valence-corrected chi connectivity index (χ3v) is 3.56. The number of nitrogens with one attached hydrogen (secondary N) is 3. The maximum Gasteiger partial charge on any atom is 0.315 e. The first-order chi connectivity index (χ1) is 12.8. The van der Waals surface area contributed by atoms with Crippen molar-refractivity contribution in [2.45, 2.75) is 19.4 Å². The Hall–Kier alpha value is -3.10. The number of hydrogen-bond donors (Lipinski definition) is 3. The summed E-state index contributed by atoms with van der Waals surface area (Å²) >= 11 is 0. The summed E-state index contributed by atoms with van der Waals surface area (Å²) in [6.45, 7) is 1.11. The van der Waals surface area contributed by atoms with Gasteiger partial charge >= 0.3 is 6.03 Å². The Kier molecular flexibility index (Phi) is 6.75. The fraction of sp³-hybridized carbons (Fsp3) is 0.222. The third kappa shape index (κ3) is 5.98. The molecule has 0 fully saturated rings. The summed E-state index contributed by atoms with van der Waals surface area (Å²) in [7, 11) is 0. The van der Waals surface area contributed by atoms with Crippen molar-refractivity contribution in [3.63, 3.8) is 0 Å². The lowest BCUT2D eigenvalue weighted by Crippen LogP contribution is -2.44. The van der Waals surface area contributed by atoms with Crippen molar-refractivity contribution < 1.29 is 27.2 Å². The fourth-order valence-corrected chi connectivity index (χ4v) is 2.30. The zero-order valence-corrected chi connectivity index (χ0v) is 14.3. The summed E-state index contributed by atoms with van der Waals surface area (Å²) < 4.78 is 53.1. The number of rotatable bonds is 6. The SMILES string of the molecule is CC(Cc1c(F)cccc1F)NC(=O)NCC(=O)Nc1ccc(F)c(F)c1. The van der Waals surface area contributed by atoms with Gasteiger partial charge in [0.25, 0.3) is 0 Å². The number of anilines is 1. The Morgan fingerprint density at radius 2 is 1.63 bits per heavy atom. The van der Waals surface area contributed by atoms with Crippen LogP contribution in [0.2, 0.25) is 0 Å². The molecule has 0 aliphatic carbocycles. The molecule has 0 saturated heterocycles. The molecule has 144 valence electrons. The van der Waals surface area contributed by atoms with Crippen LogP contribution in [0.5, 0.6) is 0 Å². The van der Waals surface area contributed by atoms with Gasteiger partial charge in [0, 0.05) is 23.4 Å². The monoisotopic (exact) mass is 383 g/mol. The van der Waals surface area contributed by atoms with E-state index in [-0.39, 0.29) is 17.7 Å². The Morgan fingerprint density at radius 1 is 0.963 bits per heavy atom. The average Bonchev–Trinajstić information content (AvgIpc) is 2.60. The molecule has 0 aliphatic rings. The van der Waals surface area contributed by atoms with E-state index in [4.69, 9.17) is 0 Å². The molecule has 1 atom stereocenters. The van der Waals surface area contributed by atoms with Crippen LogP contribution in [0.3, 0.4) is 0 Å². The summed E-state index contributed by atoms with van der Waals surface area (Å²) in [4.78, 5) is 23.5. The minimum absolute atomic E-state index is 0.0319. The molecule has 27 heavy (non-hydrogen) atoms. The highest BCUT2D eigenvalue weighted by Crippen LogP contribution is 2.14. The molecule has 3 amide bonds. The maximum absolute atomic E-state index is 13.6. The Morgan fingerprint density at radius 3 is 2.26 bits per heavy atom. The van der Waals surface area contributed by atoms with Crippen LogP contribution in [0.1, 0.15) is 12.5 Å². The number of carbonyl (C=O) groups is 2. The van der Waals surface area contributed by atoms with Crippen molar-refractivity contribution in [1.82, 2.24) is 10.6 Å². The number of benzene rings is 2. The lowest BCUT2D eigenvalue weighted by atomic mass is 10.1. The molecule has 2 aromatic carbocycles. The number of amides is 3. The molecule has 0 spiro atoms. The highest BCUT2D eigenvalue weighted by Gasteiger charge is 2.15. The second-order valence-corrected chi connectivity index (χ2v) is 5.81. The molecule has 5 nitrogen and oxygen atoms in total. The summed E-state index contributed by atoms with van der Waals surface area (Å²) in [6.07, 6.45) is -0.0764. The van der Waals surface area contributed by atoms with Crippen molar-refractivity contribution in [3.8, 4) is 0 Å². The molecule has 0 aromatic heterocycles. The van der Waals surface area contributed by atoms with Crippen molar-refractivity contribution in [1.29, 1.82) is 0 Å². The van der Waals surface area contributed by atoms with Gasteiger partial charge in [-0.3, -0.25) is 4.79 Å². The van der Waals surface area contributed by atoms with Gasteiger partial charge in [0.2, 0.25) is 5.91 Å². The normalized spacial score (nSPS) is 11.6. The molecule has 2 rings (SSSR count). The van der Waals surface area contributed by atoms with E-state index in [9.17, 15) is 27.2 Å². The molecule has 0 heterocycles. The van der Waals surface area contributed by atoms with E-state index in [1.54, 1.807) is 6.92 Å². The fourth-order valence-electron chi connectivity index (χ4n) is 2.30. The Bertz CT molecular complexity index is 825. The second kappa shape index (κ2) is 9.02. The van der Waals surface area contributed by atoms with E-state index in [0.717, 1.165) is 24.3 Å². The van der Waals surface area contributed by atoms with Gasteiger partial charge in [-0.1, -0.05) is 6.07 Å². The van der Waals surface area contributed by atoms with E-state index in [1.165, 1.54) is 12.1 Å². The second-order valence-electron chi connectivity index (χ2n) is 5.81. The summed E-state index contributed by atoms with van der Waals surface area (Å²) in [5.74, 6) is -4.26. The number of carbonyl (C=O) groups excluding carboxylic acids is 2. The van der Waals surface area contributed by atoms with E-state index >= 15 is 0 Å². The lowest BCUT2D eigenvalue weighted by molar-refractivity contribution is -0.115. The van der Waals surface area contributed by atoms with Crippen LogP contribution in [0.25, 0.3) is 0 Å². The lowest BCUT2D eigenvalue weighted by Gasteiger charge is -2.15. The minimum atomic E-state index is -1.12. The molecular weight excluding hydrogens is 366 g/mol. The van der Waals surface area contributed by atoms with Gasteiger partial charge in [-0.25, -0.2) is 22.4 Å². The van der Waals surface area contributed by atoms with Crippen LogP contribution in [-0.2, 0) is 11.2 Å². The van der Waals surface area contributed by atoms with Crippen molar-refractivity contribution in [3.05, 3.63) is 65.2 Å². The maximum atomic E-state index is 13.6. The number of hydrogen-bond acceptors (Lipinski definition) is 2. The highest BCUT2D eigenvalue weighted by atomic mass is 19.2. The quantitative estimate of drug-likeness (QED) is 0.671. The van der Waals surface area contributed by atoms with Crippen LogP contribution in [-0.4, -0.2) is 24.5 Å². The van der Waals surface area contributed by atoms with Crippen LogP contribution >= 0.6 is 0 Å². The van der Waals surface area contributed by atoms with Gasteiger partial charge in [-0.05, 0) is 37.6 Å². The van der Waals surface area contributed by atoms with Gasteiger partial charge < -0.3 is 16.0 Å². The van der Waals surface area contributed by atoms with Gasteiger partial charge in [0.15, 0.2) is 11.6 Å². The van der Waals surface area contributed by atoms with Gasteiger partial charge in [-0.15, -0.1) is 0 Å². The number of halogens is 4. The zero-order valence-electron chi connectivity index (χ0n) is 14.3. The average molecular weight is 383 g/mol. The third-order valence-electron chi connectivity index (χ3n) is 3.56. The van der Waals surface area contributed by atoms with E-state index < -0.39 is 47.8 Å². The Balaban J connectivity index is 1.79. The highest BCUT2D eigenvalue weighted by molar-refractivity contribution is 5.94. The van der Waals surface area contributed by atoms with Gasteiger partial charge in [0.05, 0.1) is 6.54 Å². The van der Waals surface area contributed by atoms with E-state index in [0.29, 0.717) is 0 Å². The summed E-state index contributed by atoms with van der Waals surface area (Å²) in [5.41, 5.74) is -0.120. The van der Waals surface area contributed by atoms with E-state index in [1.807, 2.05) is 0 Å². The molecule has 1 unspecified atom stereocenters. The van der Waals surface area contributed by atoms with E-state index in [2.05, 4.69) is 16.0 Å². The first-order valence-corrected chi connectivity index (χ1v) is 7.98. The largest absolute Gasteiger partial charge is 0.335 e. The predicted molar refractivity (Wildman–Crippen MR) is 91.0 cm³/mol. The van der Waals surface area contributed by atoms with Crippen molar-refractivity contribution in [2.75, 3.05) is 11.9 Å². The first kappa shape index (κ1) is 20.2. The van der Waals surface area contributed by atoms with Crippen LogP contribution in [0, 0.1) is 23.3 Å². The molecule has 0 aliphatic heterocycles. The first-order valence-electron chi connectivity index (χ1n) is 7.98. The van der Waals surface area contributed by atoms with Crippen molar-refractivity contribution >= 4 is 17.6 Å². The summed E-state index contributed by atoms with van der Waals surface area (Å²) in [5, 5.41) is 6.99. The molecular formula is C18H17F4N3O2. The smallest absolute Gasteiger partial charge is 0.315 e. The minimum Gasteiger partial charge on any atom is -0.335 e. The van der Waals surface area contributed by atoms with Crippen molar-refractivity contribution in [2.24, 2.45) is 0 Å². The molecule has 0 saturated carbocycles. The zero-order chi connectivity index (χ0) is 20.0.